The van der Waals surface area contributed by atoms with Gasteiger partial charge in [0.1, 0.15) is 36.2 Å². The summed E-state index contributed by atoms with van der Waals surface area (Å²) in [5.41, 5.74) is 4.28. The van der Waals surface area contributed by atoms with E-state index in [0.717, 1.165) is 28.4 Å². The van der Waals surface area contributed by atoms with E-state index in [2.05, 4.69) is 35.2 Å². The van der Waals surface area contributed by atoms with Crippen LogP contribution >= 0.6 is 11.3 Å². The van der Waals surface area contributed by atoms with Gasteiger partial charge in [-0.1, -0.05) is 43.2 Å². The molecule has 0 radical (unpaired) electrons. The number of thiazole rings is 1. The lowest BCUT2D eigenvalue weighted by Gasteiger charge is -2.17. The van der Waals surface area contributed by atoms with Crippen molar-refractivity contribution in [2.75, 3.05) is 18.6 Å². The zero-order valence-corrected chi connectivity index (χ0v) is 29.7. The number of hydrogen-bond donors (Lipinski definition) is 1. The van der Waals surface area contributed by atoms with Crippen LogP contribution in [0.3, 0.4) is 0 Å². The van der Waals surface area contributed by atoms with Gasteiger partial charge in [-0.3, -0.25) is 5.43 Å². The molecule has 0 aliphatic rings. The Morgan fingerprint density at radius 3 is 2.02 bits per heavy atom. The van der Waals surface area contributed by atoms with Crippen molar-refractivity contribution in [1.29, 1.82) is 0 Å². The van der Waals surface area contributed by atoms with Crippen LogP contribution in [0.25, 0.3) is 10.2 Å². The molecule has 0 aliphatic carbocycles. The molecule has 0 saturated carbocycles. The first-order valence-electron chi connectivity index (χ1n) is 16.2. The van der Waals surface area contributed by atoms with Crippen LogP contribution in [0.5, 0.6) is 23.0 Å². The Bertz CT molecular complexity index is 2230. The van der Waals surface area contributed by atoms with Gasteiger partial charge in [0, 0.05) is 23.8 Å². The van der Waals surface area contributed by atoms with Crippen LogP contribution in [0.1, 0.15) is 26.3 Å². The van der Waals surface area contributed by atoms with Crippen LogP contribution in [0.15, 0.2) is 134 Å². The third-order valence-electron chi connectivity index (χ3n) is 7.08. The third-order valence-corrected chi connectivity index (χ3v) is 8.02. The van der Waals surface area contributed by atoms with E-state index in [4.69, 9.17) is 28.4 Å². The van der Waals surface area contributed by atoms with Crippen LogP contribution in [-0.4, -0.2) is 60.4 Å². The number of aromatic nitrogens is 1. The Balaban J connectivity index is 1.28. The third kappa shape index (κ3) is 11.3. The van der Waals surface area contributed by atoms with E-state index < -0.39 is 36.0 Å². The summed E-state index contributed by atoms with van der Waals surface area (Å²) in [6.45, 7) is 9.57. The predicted molar refractivity (Wildman–Crippen MR) is 203 cm³/mol. The van der Waals surface area contributed by atoms with Crippen molar-refractivity contribution in [2.45, 2.75) is 6.10 Å². The van der Waals surface area contributed by atoms with Crippen molar-refractivity contribution in [3.63, 3.8) is 0 Å². The second-order valence-corrected chi connectivity index (χ2v) is 11.9. The molecule has 1 N–H and O–H groups in total. The molecule has 0 saturated heterocycles. The first-order chi connectivity index (χ1) is 26.6. The Morgan fingerprint density at radius 1 is 0.709 bits per heavy atom. The number of anilines is 1. The molecule has 1 atom stereocenters. The molecular formula is C40H31N3O11S. The first kappa shape index (κ1) is 38.8. The molecule has 0 fully saturated rings. The Hall–Kier alpha value is -7.39. The minimum Gasteiger partial charge on any atom is -0.490 e. The van der Waals surface area contributed by atoms with E-state index in [-0.39, 0.29) is 47.2 Å². The van der Waals surface area contributed by atoms with Gasteiger partial charge in [0.15, 0.2) is 6.10 Å². The SMILES string of the molecule is C=CC(=O)OCC(COc1ccc(C(=O)Oc2ccc(OC(=O)c3ccc(OC(=O)C=C)cc3)c(/C=N/Nc3nc4ccccc4s3)c2)cc1)OC(=O)C=C. The summed E-state index contributed by atoms with van der Waals surface area (Å²) in [4.78, 5) is 65.3. The summed E-state index contributed by atoms with van der Waals surface area (Å²) in [6.07, 6.45) is 3.40. The average molecular weight is 762 g/mol. The van der Waals surface area contributed by atoms with E-state index in [1.54, 1.807) is 0 Å². The van der Waals surface area contributed by atoms with Gasteiger partial charge in [-0.25, -0.2) is 29.0 Å². The number of nitrogens with zero attached hydrogens (tertiary/aromatic N) is 2. The number of ether oxygens (including phenoxy) is 6. The molecule has 4 aromatic carbocycles. The number of benzene rings is 4. The maximum absolute atomic E-state index is 13.1. The summed E-state index contributed by atoms with van der Waals surface area (Å²) >= 11 is 1.39. The van der Waals surface area contributed by atoms with Gasteiger partial charge in [-0.2, -0.15) is 5.10 Å². The quantitative estimate of drug-likeness (QED) is 0.0358. The minimum atomic E-state index is -0.940. The summed E-state index contributed by atoms with van der Waals surface area (Å²) in [5.74, 6) is -2.76. The van der Waals surface area contributed by atoms with E-state index in [9.17, 15) is 24.0 Å². The summed E-state index contributed by atoms with van der Waals surface area (Å²) < 4.78 is 33.1. The Kier molecular flexibility index (Phi) is 13.3. The normalized spacial score (nSPS) is 11.1. The Labute approximate surface area is 317 Å². The molecule has 15 heteroatoms. The summed E-state index contributed by atoms with van der Waals surface area (Å²) in [5, 5.41) is 4.79. The van der Waals surface area contributed by atoms with E-state index >= 15 is 0 Å². The van der Waals surface area contributed by atoms with Crippen molar-refractivity contribution < 1.29 is 52.4 Å². The lowest BCUT2D eigenvalue weighted by atomic mass is 10.2. The molecule has 0 spiro atoms. The van der Waals surface area contributed by atoms with E-state index in [1.165, 1.54) is 84.3 Å². The number of rotatable bonds is 17. The number of nitrogens with one attached hydrogen (secondary N) is 1. The fourth-order valence-electron chi connectivity index (χ4n) is 4.44. The van der Waals surface area contributed by atoms with Crippen molar-refractivity contribution in [1.82, 2.24) is 4.98 Å². The number of hydrazone groups is 1. The average Bonchev–Trinajstić information content (AvgIpc) is 3.62. The van der Waals surface area contributed by atoms with Crippen molar-refractivity contribution in [3.8, 4) is 23.0 Å². The monoisotopic (exact) mass is 761 g/mol. The maximum atomic E-state index is 13.1. The van der Waals surface area contributed by atoms with Crippen LogP contribution in [0.4, 0.5) is 5.13 Å². The van der Waals surface area contributed by atoms with Crippen molar-refractivity contribution in [3.05, 3.63) is 146 Å². The molecule has 5 aromatic rings. The number of esters is 5. The zero-order valence-electron chi connectivity index (χ0n) is 28.9. The summed E-state index contributed by atoms with van der Waals surface area (Å²) in [7, 11) is 0. The largest absolute Gasteiger partial charge is 0.490 e. The lowest BCUT2D eigenvalue weighted by molar-refractivity contribution is -0.154. The maximum Gasteiger partial charge on any atom is 0.343 e. The number of hydrogen-bond acceptors (Lipinski definition) is 15. The van der Waals surface area contributed by atoms with Crippen LogP contribution in [0, 0.1) is 0 Å². The second-order valence-electron chi connectivity index (χ2n) is 10.9. The van der Waals surface area contributed by atoms with Gasteiger partial charge in [0.05, 0.1) is 27.6 Å². The highest BCUT2D eigenvalue weighted by Gasteiger charge is 2.18. The van der Waals surface area contributed by atoms with Crippen LogP contribution in [-0.2, 0) is 23.9 Å². The number of fused-ring (bicyclic) bond motifs is 1. The molecule has 1 heterocycles. The molecule has 55 heavy (non-hydrogen) atoms. The fourth-order valence-corrected chi connectivity index (χ4v) is 5.26. The molecule has 278 valence electrons. The first-order valence-corrected chi connectivity index (χ1v) is 17.0. The van der Waals surface area contributed by atoms with Gasteiger partial charge < -0.3 is 28.4 Å². The van der Waals surface area contributed by atoms with Gasteiger partial charge in [-0.15, -0.1) is 0 Å². The molecule has 1 unspecified atom stereocenters. The van der Waals surface area contributed by atoms with Gasteiger partial charge in [0.25, 0.3) is 0 Å². The molecule has 0 amide bonds. The molecule has 14 nitrogen and oxygen atoms in total. The molecule has 5 rings (SSSR count). The van der Waals surface area contributed by atoms with Gasteiger partial charge in [0.2, 0.25) is 5.13 Å². The number of para-hydroxylation sites is 1. The standard InChI is InChI=1S/C40H31N3O11S/c1-4-35(44)50-24-31(52-37(46)6-3)23-49-28-15-11-25(12-16-28)38(47)53-30-19-20-33(54-39(48)26-13-17-29(18-14-26)51-36(45)5-2)27(21-30)22-41-43-40-42-32-9-7-8-10-34(32)55-40/h4-22,31H,1-3,23-24H2,(H,42,43)/b41-22+. The van der Waals surface area contributed by atoms with Crippen molar-refractivity contribution in [2.24, 2.45) is 5.10 Å². The molecule has 1 aromatic heterocycles. The zero-order chi connectivity index (χ0) is 39.2. The molecular weight excluding hydrogens is 731 g/mol. The minimum absolute atomic E-state index is 0.0969. The number of carbonyl (C=O) groups excluding carboxylic acids is 5. The Morgan fingerprint density at radius 2 is 1.35 bits per heavy atom. The fraction of sp³-hybridized carbons (Fsp3) is 0.0750. The summed E-state index contributed by atoms with van der Waals surface area (Å²) in [6, 6.07) is 23.6. The lowest BCUT2D eigenvalue weighted by Crippen LogP contribution is -2.30. The highest BCUT2D eigenvalue weighted by atomic mass is 32.1. The van der Waals surface area contributed by atoms with Crippen LogP contribution < -0.4 is 24.4 Å². The van der Waals surface area contributed by atoms with E-state index in [0.29, 0.717) is 10.9 Å². The molecule has 0 aliphatic heterocycles. The van der Waals surface area contributed by atoms with Crippen LogP contribution in [0.2, 0.25) is 0 Å². The van der Waals surface area contributed by atoms with Gasteiger partial charge >= 0.3 is 29.8 Å². The number of carbonyl (C=O) groups is 5. The van der Waals surface area contributed by atoms with E-state index in [1.807, 2.05) is 24.3 Å². The topological polar surface area (TPSA) is 178 Å². The smallest absolute Gasteiger partial charge is 0.343 e. The molecule has 0 bridgehead atoms. The van der Waals surface area contributed by atoms with Gasteiger partial charge in [-0.05, 0) is 78.9 Å². The predicted octanol–water partition coefficient (Wildman–Crippen LogP) is 6.48. The highest BCUT2D eigenvalue weighted by Crippen LogP contribution is 2.27. The highest BCUT2D eigenvalue weighted by molar-refractivity contribution is 7.22. The second kappa shape index (κ2) is 18.9. The van der Waals surface area contributed by atoms with Crippen molar-refractivity contribution >= 4 is 62.7 Å².